The van der Waals surface area contributed by atoms with Crippen LogP contribution in [0.4, 0.5) is 0 Å². The topological polar surface area (TPSA) is 15.3 Å². The average Bonchev–Trinajstić information content (AvgIpc) is 3.07. The van der Waals surface area contributed by atoms with E-state index in [4.69, 9.17) is 0 Å². The van der Waals surface area contributed by atoms with E-state index in [2.05, 4.69) is 70.9 Å². The molecule has 3 aliphatic heterocycles. The number of nitrogens with one attached hydrogen (secondary N) is 1. The summed E-state index contributed by atoms with van der Waals surface area (Å²) in [5.41, 5.74) is 3.42. The molecule has 2 bridgehead atoms. The van der Waals surface area contributed by atoms with E-state index in [1.807, 2.05) is 0 Å². The molecular weight excluding hydrogens is 328 g/mol. The highest BCUT2D eigenvalue weighted by Crippen LogP contribution is 2.52. The van der Waals surface area contributed by atoms with Crippen molar-refractivity contribution in [3.05, 3.63) is 71.8 Å². The monoisotopic (exact) mass is 360 g/mol. The van der Waals surface area contributed by atoms with Gasteiger partial charge in [0.25, 0.3) is 0 Å². The summed E-state index contributed by atoms with van der Waals surface area (Å²) in [5, 5.41) is 4.01. The van der Waals surface area contributed by atoms with Gasteiger partial charge in [-0.05, 0) is 62.9 Å². The molecule has 2 heteroatoms. The lowest BCUT2D eigenvalue weighted by atomic mass is 9.63. The summed E-state index contributed by atoms with van der Waals surface area (Å²) in [7, 11) is 0. The number of hydrogen-bond donors (Lipinski definition) is 1. The first kappa shape index (κ1) is 17.5. The molecule has 2 aromatic rings. The summed E-state index contributed by atoms with van der Waals surface area (Å²) < 4.78 is 0. The number of rotatable bonds is 3. The minimum atomic E-state index is 0.363. The maximum absolute atomic E-state index is 4.01. The molecule has 0 radical (unpaired) electrons. The molecular formula is C25H32N2. The largest absolute Gasteiger partial charge is 0.313 e. The molecule has 0 spiro atoms. The molecule has 4 fully saturated rings. The van der Waals surface area contributed by atoms with Gasteiger partial charge in [0.05, 0.1) is 0 Å². The molecule has 2 nitrogen and oxygen atoms in total. The van der Waals surface area contributed by atoms with Crippen molar-refractivity contribution in [3.63, 3.8) is 0 Å². The van der Waals surface area contributed by atoms with Crippen LogP contribution in [0, 0.1) is 0 Å². The van der Waals surface area contributed by atoms with Gasteiger partial charge in [0.2, 0.25) is 0 Å². The molecule has 6 rings (SSSR count). The van der Waals surface area contributed by atoms with Gasteiger partial charge in [-0.3, -0.25) is 4.90 Å². The summed E-state index contributed by atoms with van der Waals surface area (Å²) in [5.74, 6) is 1.21. The van der Waals surface area contributed by atoms with E-state index in [1.54, 1.807) is 0 Å². The van der Waals surface area contributed by atoms with E-state index in [1.165, 1.54) is 62.7 Å². The van der Waals surface area contributed by atoms with E-state index in [0.29, 0.717) is 23.4 Å². The molecule has 2 unspecified atom stereocenters. The van der Waals surface area contributed by atoms with Crippen molar-refractivity contribution < 1.29 is 0 Å². The first-order valence-electron chi connectivity index (χ1n) is 10.9. The standard InChI is InChI=1S/C25H32N2/c1-4-10-20(11-5-1)22-18-25(27-16-8-3-9-17-27)14-15-26-24(22)23(19-25)21-12-6-2-7-13-21/h1-2,4-7,10-13,22-24,26H,3,8-9,14-19H2/t22-,23+,24?,25?. The van der Waals surface area contributed by atoms with Crippen LogP contribution in [0.15, 0.2) is 60.7 Å². The van der Waals surface area contributed by atoms with Crippen LogP contribution >= 0.6 is 0 Å². The Labute approximate surface area is 164 Å². The number of piperidine rings is 1. The smallest absolute Gasteiger partial charge is 0.0234 e. The average molecular weight is 361 g/mol. The Hall–Kier alpha value is -1.64. The van der Waals surface area contributed by atoms with Crippen molar-refractivity contribution in [2.24, 2.45) is 0 Å². The lowest BCUT2D eigenvalue weighted by Crippen LogP contribution is -2.56. The molecule has 1 aliphatic carbocycles. The third-order valence-electron chi connectivity index (χ3n) is 7.52. The third-order valence-corrected chi connectivity index (χ3v) is 7.52. The van der Waals surface area contributed by atoms with Gasteiger partial charge in [0, 0.05) is 23.4 Å². The van der Waals surface area contributed by atoms with Gasteiger partial charge in [0.15, 0.2) is 0 Å². The SMILES string of the molecule is c1ccc([C@H]2CC3(N4CCCCC4)CCNC2[C@H](c2ccccc2)C3)cc1. The van der Waals surface area contributed by atoms with Gasteiger partial charge >= 0.3 is 0 Å². The number of hydrogen-bond acceptors (Lipinski definition) is 2. The van der Waals surface area contributed by atoms with Crippen LogP contribution in [0.1, 0.15) is 61.5 Å². The van der Waals surface area contributed by atoms with Crippen molar-refractivity contribution in [1.82, 2.24) is 10.2 Å². The molecule has 0 aromatic heterocycles. The summed E-state index contributed by atoms with van der Waals surface area (Å²) >= 11 is 0. The molecule has 4 atom stereocenters. The highest BCUT2D eigenvalue weighted by Gasteiger charge is 2.51. The normalized spacial score (nSPS) is 34.3. The molecule has 2 aromatic carbocycles. The Kier molecular flexibility index (Phi) is 4.79. The van der Waals surface area contributed by atoms with Crippen LogP contribution in [-0.4, -0.2) is 36.1 Å². The maximum Gasteiger partial charge on any atom is 0.0234 e. The first-order chi connectivity index (χ1) is 13.4. The predicted molar refractivity (Wildman–Crippen MR) is 112 cm³/mol. The molecule has 3 heterocycles. The molecule has 3 saturated heterocycles. The van der Waals surface area contributed by atoms with Gasteiger partial charge in [-0.15, -0.1) is 0 Å². The number of fused-ring (bicyclic) bond motifs is 4. The fraction of sp³-hybridized carbons (Fsp3) is 0.520. The highest BCUT2D eigenvalue weighted by atomic mass is 15.2. The second kappa shape index (κ2) is 7.41. The second-order valence-electron chi connectivity index (χ2n) is 8.94. The van der Waals surface area contributed by atoms with Crippen LogP contribution < -0.4 is 5.32 Å². The number of likely N-dealkylation sites (tertiary alicyclic amines) is 1. The minimum absolute atomic E-state index is 0.363. The Bertz CT molecular complexity index is 686. The van der Waals surface area contributed by atoms with E-state index in [-0.39, 0.29) is 0 Å². The van der Waals surface area contributed by atoms with Crippen LogP contribution in [0.2, 0.25) is 0 Å². The molecule has 27 heavy (non-hydrogen) atoms. The van der Waals surface area contributed by atoms with Crippen molar-refractivity contribution in [3.8, 4) is 0 Å². The fourth-order valence-electron chi connectivity index (χ4n) is 6.23. The Morgan fingerprint density at radius 3 is 1.85 bits per heavy atom. The molecule has 1 N–H and O–H groups in total. The quantitative estimate of drug-likeness (QED) is 0.834. The van der Waals surface area contributed by atoms with E-state index < -0.39 is 0 Å². The van der Waals surface area contributed by atoms with Gasteiger partial charge < -0.3 is 5.32 Å². The van der Waals surface area contributed by atoms with Crippen LogP contribution in [0.5, 0.6) is 0 Å². The molecule has 4 aliphatic rings. The van der Waals surface area contributed by atoms with Crippen molar-refractivity contribution in [2.45, 2.75) is 61.9 Å². The second-order valence-corrected chi connectivity index (χ2v) is 8.94. The van der Waals surface area contributed by atoms with Crippen LogP contribution in [0.25, 0.3) is 0 Å². The summed E-state index contributed by atoms with van der Waals surface area (Å²) in [6.45, 7) is 3.76. The van der Waals surface area contributed by atoms with Crippen molar-refractivity contribution >= 4 is 0 Å². The number of nitrogens with zero attached hydrogens (tertiary/aromatic N) is 1. The predicted octanol–water partition coefficient (Wildman–Crippen LogP) is 4.93. The zero-order valence-electron chi connectivity index (χ0n) is 16.3. The van der Waals surface area contributed by atoms with Crippen molar-refractivity contribution in [2.75, 3.05) is 19.6 Å². The van der Waals surface area contributed by atoms with Crippen LogP contribution in [-0.2, 0) is 0 Å². The van der Waals surface area contributed by atoms with Gasteiger partial charge in [-0.2, -0.15) is 0 Å². The first-order valence-corrected chi connectivity index (χ1v) is 10.9. The lowest BCUT2D eigenvalue weighted by Gasteiger charge is -2.53. The van der Waals surface area contributed by atoms with E-state index in [0.717, 1.165) is 6.54 Å². The number of benzene rings is 2. The van der Waals surface area contributed by atoms with Gasteiger partial charge in [-0.25, -0.2) is 0 Å². The lowest BCUT2D eigenvalue weighted by molar-refractivity contribution is 0.0205. The van der Waals surface area contributed by atoms with Gasteiger partial charge in [-0.1, -0.05) is 67.1 Å². The summed E-state index contributed by atoms with van der Waals surface area (Å²) in [4.78, 5) is 2.89. The zero-order chi connectivity index (χ0) is 18.1. The van der Waals surface area contributed by atoms with Crippen LogP contribution in [0.3, 0.4) is 0 Å². The highest BCUT2D eigenvalue weighted by molar-refractivity contribution is 5.32. The Balaban J connectivity index is 1.57. The third kappa shape index (κ3) is 3.23. The van der Waals surface area contributed by atoms with Crippen molar-refractivity contribution in [1.29, 1.82) is 0 Å². The Morgan fingerprint density at radius 2 is 1.30 bits per heavy atom. The zero-order valence-corrected chi connectivity index (χ0v) is 16.3. The van der Waals surface area contributed by atoms with E-state index >= 15 is 0 Å². The Morgan fingerprint density at radius 1 is 0.741 bits per heavy atom. The van der Waals surface area contributed by atoms with Gasteiger partial charge in [0.1, 0.15) is 0 Å². The summed E-state index contributed by atoms with van der Waals surface area (Å²) in [6.07, 6.45) is 8.11. The molecule has 142 valence electrons. The molecule has 1 saturated carbocycles. The minimum Gasteiger partial charge on any atom is -0.313 e. The fourth-order valence-corrected chi connectivity index (χ4v) is 6.23. The summed E-state index contributed by atoms with van der Waals surface area (Å²) in [6, 6.07) is 23.2. The molecule has 0 amide bonds. The maximum atomic E-state index is 4.01. The van der Waals surface area contributed by atoms with E-state index in [9.17, 15) is 0 Å².